The SMILES string of the molecule is COc1ccc(OCC[NH+]2CCN(S(=O)(=O)c3ccccc3C#N)CC2)cc1. The monoisotopic (exact) mass is 402 g/mol. The van der Waals surface area contributed by atoms with E-state index in [0.717, 1.165) is 18.0 Å². The fourth-order valence-corrected chi connectivity index (χ4v) is 4.78. The number of hydrogen-bond donors (Lipinski definition) is 1. The Morgan fingerprint density at radius 2 is 1.71 bits per heavy atom. The summed E-state index contributed by atoms with van der Waals surface area (Å²) >= 11 is 0. The molecule has 2 aromatic rings. The van der Waals surface area contributed by atoms with E-state index in [2.05, 4.69) is 0 Å². The van der Waals surface area contributed by atoms with Crippen LogP contribution in [-0.4, -0.2) is 59.2 Å². The number of nitrogens with zero attached hydrogens (tertiary/aromatic N) is 2. The summed E-state index contributed by atoms with van der Waals surface area (Å²) in [5.41, 5.74) is 0.185. The van der Waals surface area contributed by atoms with Crippen molar-refractivity contribution in [3.63, 3.8) is 0 Å². The largest absolute Gasteiger partial charge is 0.497 e. The summed E-state index contributed by atoms with van der Waals surface area (Å²) in [6.45, 7) is 3.64. The molecule has 0 amide bonds. The number of benzene rings is 2. The molecule has 3 rings (SSSR count). The van der Waals surface area contributed by atoms with Crippen molar-refractivity contribution in [2.24, 2.45) is 0 Å². The number of sulfonamides is 1. The number of nitrogens with one attached hydrogen (secondary N) is 1. The first-order valence-electron chi connectivity index (χ1n) is 9.14. The normalized spacial score (nSPS) is 15.7. The smallest absolute Gasteiger partial charge is 0.244 e. The molecule has 1 heterocycles. The van der Waals surface area contributed by atoms with Gasteiger partial charge in [0.05, 0.1) is 43.7 Å². The van der Waals surface area contributed by atoms with Gasteiger partial charge >= 0.3 is 0 Å². The van der Waals surface area contributed by atoms with Crippen molar-refractivity contribution < 1.29 is 22.8 Å². The minimum absolute atomic E-state index is 0.0868. The fraction of sp³-hybridized carbons (Fsp3) is 0.350. The molecule has 0 aromatic heterocycles. The molecule has 1 aliphatic heterocycles. The Morgan fingerprint density at radius 3 is 2.36 bits per heavy atom. The highest BCUT2D eigenvalue weighted by molar-refractivity contribution is 7.89. The van der Waals surface area contributed by atoms with E-state index in [1.165, 1.54) is 21.3 Å². The zero-order chi connectivity index (χ0) is 20.0. The molecule has 1 saturated heterocycles. The number of rotatable bonds is 7. The lowest BCUT2D eigenvalue weighted by Crippen LogP contribution is -3.15. The summed E-state index contributed by atoms with van der Waals surface area (Å²) in [5, 5.41) is 9.18. The molecule has 28 heavy (non-hydrogen) atoms. The van der Waals surface area contributed by atoms with E-state index in [1.807, 2.05) is 30.3 Å². The Bertz CT molecular complexity index is 931. The topological polar surface area (TPSA) is 84.1 Å². The molecule has 2 aromatic carbocycles. The Kier molecular flexibility index (Phi) is 6.52. The van der Waals surface area contributed by atoms with Gasteiger partial charge in [-0.25, -0.2) is 8.42 Å². The summed E-state index contributed by atoms with van der Waals surface area (Å²) in [4.78, 5) is 1.39. The zero-order valence-electron chi connectivity index (χ0n) is 15.8. The molecule has 0 radical (unpaired) electrons. The van der Waals surface area contributed by atoms with E-state index in [1.54, 1.807) is 19.2 Å². The summed E-state index contributed by atoms with van der Waals surface area (Å²) < 4.78 is 38.1. The molecule has 8 heteroatoms. The second-order valence-corrected chi connectivity index (χ2v) is 8.44. The average Bonchev–Trinajstić information content (AvgIpc) is 2.74. The van der Waals surface area contributed by atoms with E-state index in [-0.39, 0.29) is 10.5 Å². The minimum Gasteiger partial charge on any atom is -0.497 e. The Morgan fingerprint density at radius 1 is 1.07 bits per heavy atom. The average molecular weight is 402 g/mol. The molecular formula is C20H24N3O4S+. The predicted octanol–water partition coefficient (Wildman–Crippen LogP) is 0.535. The lowest BCUT2D eigenvalue weighted by molar-refractivity contribution is -0.903. The molecule has 7 nitrogen and oxygen atoms in total. The predicted molar refractivity (Wildman–Crippen MR) is 104 cm³/mol. The van der Waals surface area contributed by atoms with Gasteiger partial charge in [-0.05, 0) is 36.4 Å². The lowest BCUT2D eigenvalue weighted by Gasteiger charge is -2.31. The van der Waals surface area contributed by atoms with Crippen LogP contribution in [0, 0.1) is 11.3 Å². The van der Waals surface area contributed by atoms with Gasteiger partial charge in [-0.15, -0.1) is 0 Å². The van der Waals surface area contributed by atoms with Crippen LogP contribution in [0.2, 0.25) is 0 Å². The van der Waals surface area contributed by atoms with Gasteiger partial charge in [-0.2, -0.15) is 9.57 Å². The maximum atomic E-state index is 12.9. The molecule has 1 aliphatic rings. The number of nitriles is 1. The van der Waals surface area contributed by atoms with Crippen molar-refractivity contribution in [2.45, 2.75) is 4.90 Å². The highest BCUT2D eigenvalue weighted by Crippen LogP contribution is 2.19. The molecule has 0 aliphatic carbocycles. The Labute approximate surface area is 165 Å². The van der Waals surface area contributed by atoms with Crippen LogP contribution in [0.25, 0.3) is 0 Å². The summed E-state index contributed by atoms with van der Waals surface area (Å²) in [5.74, 6) is 1.57. The van der Waals surface area contributed by atoms with Crippen LogP contribution in [-0.2, 0) is 10.0 Å². The van der Waals surface area contributed by atoms with Crippen LogP contribution >= 0.6 is 0 Å². The first-order chi connectivity index (χ1) is 13.5. The Hall–Kier alpha value is -2.60. The molecule has 0 spiro atoms. The fourth-order valence-electron chi connectivity index (χ4n) is 3.20. The molecule has 148 valence electrons. The van der Waals surface area contributed by atoms with Crippen molar-refractivity contribution in [2.75, 3.05) is 46.4 Å². The van der Waals surface area contributed by atoms with E-state index in [9.17, 15) is 13.7 Å². The van der Waals surface area contributed by atoms with Crippen LogP contribution in [0.3, 0.4) is 0 Å². The number of piperazine rings is 1. The van der Waals surface area contributed by atoms with Crippen molar-refractivity contribution in [1.82, 2.24) is 4.31 Å². The molecule has 0 atom stereocenters. The maximum absolute atomic E-state index is 12.9. The number of hydrogen-bond acceptors (Lipinski definition) is 5. The molecule has 1 fully saturated rings. The number of ether oxygens (including phenoxy) is 2. The third kappa shape index (κ3) is 4.62. The van der Waals surface area contributed by atoms with Crippen LogP contribution in [0.15, 0.2) is 53.4 Å². The van der Waals surface area contributed by atoms with Crippen LogP contribution in [0.4, 0.5) is 0 Å². The lowest BCUT2D eigenvalue weighted by atomic mass is 10.2. The van der Waals surface area contributed by atoms with Crippen molar-refractivity contribution in [3.05, 3.63) is 54.1 Å². The summed E-state index contributed by atoms with van der Waals surface area (Å²) in [7, 11) is -2.02. The van der Waals surface area contributed by atoms with Gasteiger partial charge in [0.15, 0.2) is 0 Å². The summed E-state index contributed by atoms with van der Waals surface area (Å²) in [6, 6.07) is 15.7. The molecule has 1 N–H and O–H groups in total. The molecule has 0 unspecified atom stereocenters. The minimum atomic E-state index is -3.64. The number of methoxy groups -OCH3 is 1. The first kappa shape index (κ1) is 20.1. The molecule has 0 bridgehead atoms. The van der Waals surface area contributed by atoms with Gasteiger partial charge in [-0.3, -0.25) is 0 Å². The molecule has 0 saturated carbocycles. The highest BCUT2D eigenvalue weighted by Gasteiger charge is 2.31. The Balaban J connectivity index is 1.50. The van der Waals surface area contributed by atoms with E-state index in [4.69, 9.17) is 9.47 Å². The van der Waals surface area contributed by atoms with Crippen molar-refractivity contribution >= 4 is 10.0 Å². The van der Waals surface area contributed by atoms with Crippen molar-refractivity contribution in [1.29, 1.82) is 5.26 Å². The maximum Gasteiger partial charge on any atom is 0.244 e. The van der Waals surface area contributed by atoms with Crippen LogP contribution in [0.1, 0.15) is 5.56 Å². The van der Waals surface area contributed by atoms with Crippen LogP contribution < -0.4 is 14.4 Å². The van der Waals surface area contributed by atoms with E-state index < -0.39 is 10.0 Å². The van der Waals surface area contributed by atoms with Gasteiger partial charge in [0.1, 0.15) is 30.7 Å². The first-order valence-corrected chi connectivity index (χ1v) is 10.6. The number of quaternary nitrogens is 1. The van der Waals surface area contributed by atoms with Gasteiger partial charge in [-0.1, -0.05) is 12.1 Å². The van der Waals surface area contributed by atoms with E-state index >= 15 is 0 Å². The van der Waals surface area contributed by atoms with Gasteiger partial charge in [0, 0.05) is 0 Å². The van der Waals surface area contributed by atoms with Gasteiger partial charge < -0.3 is 14.4 Å². The van der Waals surface area contributed by atoms with Gasteiger partial charge in [0.25, 0.3) is 0 Å². The van der Waals surface area contributed by atoms with Crippen LogP contribution in [0.5, 0.6) is 11.5 Å². The standard InChI is InChI=1S/C20H23N3O4S/c1-26-18-6-8-19(9-7-18)27-15-14-22-10-12-23(13-11-22)28(24,25)20-5-3-2-4-17(20)16-21/h2-9H,10-15H2,1H3/p+1. The molecular weight excluding hydrogens is 378 g/mol. The zero-order valence-corrected chi connectivity index (χ0v) is 16.6. The second kappa shape index (κ2) is 9.06. The summed E-state index contributed by atoms with van der Waals surface area (Å²) in [6.07, 6.45) is 0. The van der Waals surface area contributed by atoms with Gasteiger partial charge in [0.2, 0.25) is 10.0 Å². The van der Waals surface area contributed by atoms with Crippen molar-refractivity contribution in [3.8, 4) is 17.6 Å². The highest BCUT2D eigenvalue weighted by atomic mass is 32.2. The third-order valence-corrected chi connectivity index (χ3v) is 6.80. The quantitative estimate of drug-likeness (QED) is 0.731. The third-order valence-electron chi connectivity index (χ3n) is 4.84. The van der Waals surface area contributed by atoms with E-state index in [0.29, 0.717) is 32.8 Å². The second-order valence-electron chi connectivity index (χ2n) is 6.54.